The van der Waals surface area contributed by atoms with Gasteiger partial charge in [-0.05, 0) is 17.7 Å². The van der Waals surface area contributed by atoms with Crippen molar-refractivity contribution in [2.45, 2.75) is 12.5 Å². The molecule has 1 aliphatic rings. The maximum Gasteiger partial charge on any atom is 0.328 e. The first kappa shape index (κ1) is 16.5. The smallest absolute Gasteiger partial charge is 0.328 e. The molecule has 0 saturated heterocycles. The third-order valence-electron chi connectivity index (χ3n) is 3.92. The largest absolute Gasteiger partial charge is 0.478 e. The van der Waals surface area contributed by atoms with Crippen LogP contribution in [0.25, 0.3) is 0 Å². The summed E-state index contributed by atoms with van der Waals surface area (Å²) >= 11 is 12.1. The van der Waals surface area contributed by atoms with Crippen LogP contribution in [-0.4, -0.2) is 39.1 Å². The number of rotatable bonds is 4. The van der Waals surface area contributed by atoms with Gasteiger partial charge in [0.2, 0.25) is 0 Å². The second-order valence-corrected chi connectivity index (χ2v) is 6.27. The Morgan fingerprint density at radius 2 is 2.21 bits per heavy atom. The number of aromatic nitrogens is 2. The number of benzene rings is 1. The summed E-state index contributed by atoms with van der Waals surface area (Å²) in [4.78, 5) is 24.5. The predicted molar refractivity (Wildman–Crippen MR) is 89.5 cm³/mol. The van der Waals surface area contributed by atoms with E-state index in [-0.39, 0.29) is 5.91 Å². The number of nitrogens with zero attached hydrogens (tertiary/aromatic N) is 2. The number of carboxylic acids is 1. The molecule has 3 rings (SSSR count). The summed E-state index contributed by atoms with van der Waals surface area (Å²) in [5, 5.41) is 16.8. The van der Waals surface area contributed by atoms with E-state index in [1.165, 1.54) is 11.0 Å². The Balaban J connectivity index is 1.99. The zero-order chi connectivity index (χ0) is 17.4. The van der Waals surface area contributed by atoms with Crippen LogP contribution in [0.3, 0.4) is 0 Å². The summed E-state index contributed by atoms with van der Waals surface area (Å²) in [6.07, 6.45) is 2.89. The van der Waals surface area contributed by atoms with E-state index in [0.29, 0.717) is 33.4 Å². The minimum absolute atomic E-state index is 0.231. The Labute approximate surface area is 147 Å². The molecular weight excluding hydrogens is 353 g/mol. The number of carboxylic acid groups (broad SMARTS) is 1. The molecule has 1 amide bonds. The highest BCUT2D eigenvalue weighted by Crippen LogP contribution is 2.36. The van der Waals surface area contributed by atoms with Gasteiger partial charge < -0.3 is 10.0 Å². The lowest BCUT2D eigenvalue weighted by Crippen LogP contribution is -2.23. The van der Waals surface area contributed by atoms with Crippen molar-refractivity contribution in [3.05, 3.63) is 62.9 Å². The molecule has 8 heteroatoms. The standard InChI is InChI=1S/C16H13Cl2N3O3/c1-21-12(4-5-13(22)23)14-11(19-20-15(14)16(21)24)6-8-2-3-9(17)7-10(8)18/h2-5,7,12H,6H2,1H3,(H,19,20)(H,22,23)/b5-4+. The molecule has 0 bridgehead atoms. The topological polar surface area (TPSA) is 86.3 Å². The van der Waals surface area contributed by atoms with Crippen LogP contribution < -0.4 is 0 Å². The fourth-order valence-corrected chi connectivity index (χ4v) is 3.22. The molecule has 1 unspecified atom stereocenters. The molecular formula is C16H13Cl2N3O3. The van der Waals surface area contributed by atoms with Crippen LogP contribution >= 0.6 is 23.2 Å². The maximum atomic E-state index is 12.3. The second-order valence-electron chi connectivity index (χ2n) is 5.43. The number of nitrogens with one attached hydrogen (secondary N) is 1. The second kappa shape index (κ2) is 6.30. The van der Waals surface area contributed by atoms with Crippen LogP contribution in [0.1, 0.15) is 33.4 Å². The van der Waals surface area contributed by atoms with Gasteiger partial charge in [0.1, 0.15) is 5.69 Å². The summed E-state index contributed by atoms with van der Waals surface area (Å²) in [6, 6.07) is 4.69. The molecule has 0 fully saturated rings. The van der Waals surface area contributed by atoms with Crippen LogP contribution in [0.4, 0.5) is 0 Å². The normalized spacial score (nSPS) is 16.9. The fourth-order valence-electron chi connectivity index (χ4n) is 2.75. The van der Waals surface area contributed by atoms with Crippen molar-refractivity contribution in [1.29, 1.82) is 0 Å². The molecule has 0 spiro atoms. The van der Waals surface area contributed by atoms with Crippen LogP contribution in [0.5, 0.6) is 0 Å². The summed E-state index contributed by atoms with van der Waals surface area (Å²) in [5.74, 6) is -1.30. The first-order chi connectivity index (χ1) is 11.4. The molecule has 2 heterocycles. The van der Waals surface area contributed by atoms with E-state index in [1.807, 2.05) is 0 Å². The summed E-state index contributed by atoms with van der Waals surface area (Å²) < 4.78 is 0. The Kier molecular flexibility index (Phi) is 4.34. The van der Waals surface area contributed by atoms with Gasteiger partial charge in [-0.3, -0.25) is 9.89 Å². The van der Waals surface area contributed by atoms with Crippen molar-refractivity contribution < 1.29 is 14.7 Å². The summed E-state index contributed by atoms with van der Waals surface area (Å²) in [7, 11) is 1.62. The van der Waals surface area contributed by atoms with E-state index in [1.54, 1.807) is 25.2 Å². The third kappa shape index (κ3) is 2.90. The number of carbonyl (C=O) groups is 2. The fraction of sp³-hybridized carbons (Fsp3) is 0.188. The lowest BCUT2D eigenvalue weighted by atomic mass is 10.0. The molecule has 6 nitrogen and oxygen atoms in total. The molecule has 0 saturated carbocycles. The highest BCUT2D eigenvalue weighted by atomic mass is 35.5. The van der Waals surface area contributed by atoms with E-state index in [9.17, 15) is 9.59 Å². The number of halogens is 2. The number of amides is 1. The van der Waals surface area contributed by atoms with Crippen LogP contribution in [0, 0.1) is 0 Å². The van der Waals surface area contributed by atoms with Crippen molar-refractivity contribution in [2.75, 3.05) is 7.05 Å². The molecule has 124 valence electrons. The van der Waals surface area contributed by atoms with Crippen molar-refractivity contribution in [3.8, 4) is 0 Å². The first-order valence-electron chi connectivity index (χ1n) is 7.08. The zero-order valence-electron chi connectivity index (χ0n) is 12.6. The lowest BCUT2D eigenvalue weighted by Gasteiger charge is -2.17. The number of aliphatic carboxylic acids is 1. The molecule has 0 aliphatic carbocycles. The van der Waals surface area contributed by atoms with Crippen LogP contribution in [-0.2, 0) is 11.2 Å². The van der Waals surface area contributed by atoms with Gasteiger partial charge in [-0.1, -0.05) is 35.3 Å². The van der Waals surface area contributed by atoms with Gasteiger partial charge in [0.05, 0.1) is 11.7 Å². The van der Waals surface area contributed by atoms with Gasteiger partial charge in [-0.2, -0.15) is 5.10 Å². The molecule has 2 N–H and O–H groups in total. The number of hydrogen-bond acceptors (Lipinski definition) is 3. The number of H-pyrrole nitrogens is 1. The number of fused-ring (bicyclic) bond motifs is 1. The summed E-state index contributed by atoms with van der Waals surface area (Å²) in [6.45, 7) is 0. The molecule has 1 atom stereocenters. The highest BCUT2D eigenvalue weighted by Gasteiger charge is 2.37. The van der Waals surface area contributed by atoms with Crippen molar-refractivity contribution in [2.24, 2.45) is 0 Å². The monoisotopic (exact) mass is 365 g/mol. The van der Waals surface area contributed by atoms with E-state index in [2.05, 4.69) is 10.2 Å². The SMILES string of the molecule is CN1C(=O)c2[nH]nc(Cc3ccc(Cl)cc3Cl)c2C1/C=C/C(=O)O. The molecule has 2 aromatic rings. The van der Waals surface area contributed by atoms with Crippen molar-refractivity contribution in [3.63, 3.8) is 0 Å². The minimum atomic E-state index is -1.07. The van der Waals surface area contributed by atoms with E-state index < -0.39 is 12.0 Å². The highest BCUT2D eigenvalue weighted by molar-refractivity contribution is 6.35. The zero-order valence-corrected chi connectivity index (χ0v) is 14.1. The first-order valence-corrected chi connectivity index (χ1v) is 7.83. The maximum absolute atomic E-state index is 12.3. The molecule has 1 aromatic carbocycles. The number of hydrogen-bond donors (Lipinski definition) is 2. The third-order valence-corrected chi connectivity index (χ3v) is 4.51. The Hall–Kier alpha value is -2.31. The van der Waals surface area contributed by atoms with Gasteiger partial charge in [-0.15, -0.1) is 0 Å². The lowest BCUT2D eigenvalue weighted by molar-refractivity contribution is -0.131. The van der Waals surface area contributed by atoms with E-state index in [0.717, 1.165) is 11.6 Å². The van der Waals surface area contributed by atoms with Gasteiger partial charge in [0.25, 0.3) is 5.91 Å². The minimum Gasteiger partial charge on any atom is -0.478 e. The molecule has 1 aromatic heterocycles. The van der Waals surface area contributed by atoms with Gasteiger partial charge in [0.15, 0.2) is 0 Å². The van der Waals surface area contributed by atoms with Crippen LogP contribution in [0.15, 0.2) is 30.4 Å². The predicted octanol–water partition coefficient (Wildman–Crippen LogP) is 3.07. The average Bonchev–Trinajstić information content (AvgIpc) is 3.02. The van der Waals surface area contributed by atoms with Gasteiger partial charge >= 0.3 is 5.97 Å². The van der Waals surface area contributed by atoms with E-state index in [4.69, 9.17) is 28.3 Å². The van der Waals surface area contributed by atoms with Crippen molar-refractivity contribution >= 4 is 35.1 Å². The van der Waals surface area contributed by atoms with Crippen molar-refractivity contribution in [1.82, 2.24) is 15.1 Å². The number of likely N-dealkylation sites (N-methyl/N-ethyl adjacent to an activating group) is 1. The quantitative estimate of drug-likeness (QED) is 0.815. The average molecular weight is 366 g/mol. The summed E-state index contributed by atoms with van der Waals surface area (Å²) in [5.41, 5.74) is 2.51. The molecule has 1 aliphatic heterocycles. The number of carbonyl (C=O) groups excluding carboxylic acids is 1. The van der Waals surface area contributed by atoms with Crippen LogP contribution in [0.2, 0.25) is 10.0 Å². The Morgan fingerprint density at radius 3 is 2.88 bits per heavy atom. The molecule has 0 radical (unpaired) electrons. The molecule has 24 heavy (non-hydrogen) atoms. The van der Waals surface area contributed by atoms with E-state index >= 15 is 0 Å². The van der Waals surface area contributed by atoms with Gasteiger partial charge in [0, 0.05) is 35.2 Å². The Morgan fingerprint density at radius 1 is 1.46 bits per heavy atom. The van der Waals surface area contributed by atoms with Gasteiger partial charge in [-0.25, -0.2) is 4.79 Å². The Bertz CT molecular complexity index is 860. The number of aromatic amines is 1.